The van der Waals surface area contributed by atoms with E-state index in [-0.39, 0.29) is 11.7 Å². The largest absolute Gasteiger partial charge is 0.345 e. The number of nitrogens with zero attached hydrogens (tertiary/aromatic N) is 2. The highest BCUT2D eigenvalue weighted by Gasteiger charge is 2.15. The molecule has 1 aromatic heterocycles. The van der Waals surface area contributed by atoms with E-state index < -0.39 is 0 Å². The normalized spacial score (nSPS) is 11.1. The van der Waals surface area contributed by atoms with E-state index in [0.29, 0.717) is 19.5 Å². The lowest BCUT2D eigenvalue weighted by molar-refractivity contribution is -0.132. The number of carbonyl (C=O) groups is 1. The molecule has 2 aromatic rings. The predicted molar refractivity (Wildman–Crippen MR) is 137 cm³/mol. The van der Waals surface area contributed by atoms with E-state index in [1.54, 1.807) is 12.1 Å². The van der Waals surface area contributed by atoms with Crippen LogP contribution >= 0.6 is 0 Å². The van der Waals surface area contributed by atoms with Gasteiger partial charge in [-0.15, -0.1) is 0 Å². The Morgan fingerprint density at radius 3 is 2.15 bits per heavy atom. The number of benzene rings is 1. The molecule has 184 valence electrons. The van der Waals surface area contributed by atoms with Crippen molar-refractivity contribution in [3.63, 3.8) is 0 Å². The highest BCUT2D eigenvalue weighted by molar-refractivity contribution is 5.76. The molecule has 0 N–H and O–H groups in total. The molecule has 0 saturated carbocycles. The summed E-state index contributed by atoms with van der Waals surface area (Å²) in [6.07, 6.45) is 17.8. The molecule has 4 heteroatoms. The van der Waals surface area contributed by atoms with Gasteiger partial charge >= 0.3 is 0 Å². The fraction of sp³-hybridized carbons (Fsp3) is 0.621. The van der Waals surface area contributed by atoms with E-state index in [2.05, 4.69) is 24.5 Å². The summed E-state index contributed by atoms with van der Waals surface area (Å²) in [5.74, 6) is 0.0437. The van der Waals surface area contributed by atoms with E-state index in [9.17, 15) is 9.18 Å². The number of aromatic nitrogens is 1. The standard InChI is InChI=1S/C29H45FN2O/c1-3-5-6-7-8-9-10-11-12-13-14-20-29(33)32(21-4-2)25-28-19-16-22-31(28)24-26-17-15-18-27(30)23-26/h15-19,22-23H,3-14,20-21,24-25H2,1-2H3. The second-order valence-corrected chi connectivity index (χ2v) is 9.36. The number of halogens is 1. The Morgan fingerprint density at radius 1 is 0.848 bits per heavy atom. The van der Waals surface area contributed by atoms with E-state index in [4.69, 9.17) is 0 Å². The van der Waals surface area contributed by atoms with Gasteiger partial charge in [0, 0.05) is 31.4 Å². The lowest BCUT2D eigenvalue weighted by atomic mass is 10.1. The molecule has 1 amide bonds. The highest BCUT2D eigenvalue weighted by atomic mass is 19.1. The summed E-state index contributed by atoms with van der Waals surface area (Å²) >= 11 is 0. The molecule has 33 heavy (non-hydrogen) atoms. The van der Waals surface area contributed by atoms with Crippen LogP contribution < -0.4 is 0 Å². The van der Waals surface area contributed by atoms with Crippen molar-refractivity contribution in [1.82, 2.24) is 9.47 Å². The van der Waals surface area contributed by atoms with Gasteiger partial charge in [0.25, 0.3) is 0 Å². The van der Waals surface area contributed by atoms with Crippen LogP contribution in [0.25, 0.3) is 0 Å². The minimum Gasteiger partial charge on any atom is -0.345 e. The van der Waals surface area contributed by atoms with Gasteiger partial charge in [-0.05, 0) is 42.7 Å². The molecule has 0 bridgehead atoms. The van der Waals surface area contributed by atoms with Crippen LogP contribution in [0.1, 0.15) is 109 Å². The first-order chi connectivity index (χ1) is 16.1. The molecule has 1 aromatic carbocycles. The van der Waals surface area contributed by atoms with E-state index in [0.717, 1.165) is 37.1 Å². The zero-order valence-corrected chi connectivity index (χ0v) is 21.0. The van der Waals surface area contributed by atoms with Crippen molar-refractivity contribution in [3.05, 3.63) is 59.7 Å². The third-order valence-electron chi connectivity index (χ3n) is 6.36. The Kier molecular flexibility index (Phi) is 13.6. The average Bonchev–Trinajstić information content (AvgIpc) is 3.23. The summed E-state index contributed by atoms with van der Waals surface area (Å²) in [5, 5.41) is 0. The minimum atomic E-state index is -0.212. The van der Waals surface area contributed by atoms with Crippen LogP contribution in [0.2, 0.25) is 0 Å². The van der Waals surface area contributed by atoms with Crippen molar-refractivity contribution in [2.75, 3.05) is 6.54 Å². The van der Waals surface area contributed by atoms with Gasteiger partial charge in [-0.2, -0.15) is 0 Å². The molecule has 2 rings (SSSR count). The SMILES string of the molecule is CCCCCCCCCCCCCC(=O)N(CCC)Cc1cccn1Cc1cccc(F)c1. The number of hydrogen-bond acceptors (Lipinski definition) is 1. The van der Waals surface area contributed by atoms with E-state index in [1.165, 1.54) is 63.9 Å². The maximum Gasteiger partial charge on any atom is 0.222 e. The van der Waals surface area contributed by atoms with Crippen LogP contribution in [0.4, 0.5) is 4.39 Å². The van der Waals surface area contributed by atoms with Gasteiger partial charge in [0.2, 0.25) is 5.91 Å². The molecule has 3 nitrogen and oxygen atoms in total. The van der Waals surface area contributed by atoms with Crippen molar-refractivity contribution in [2.45, 2.75) is 110 Å². The van der Waals surface area contributed by atoms with Crippen molar-refractivity contribution in [1.29, 1.82) is 0 Å². The summed E-state index contributed by atoms with van der Waals surface area (Å²) in [7, 11) is 0. The van der Waals surface area contributed by atoms with Crippen molar-refractivity contribution in [2.24, 2.45) is 0 Å². The zero-order valence-electron chi connectivity index (χ0n) is 21.0. The maximum absolute atomic E-state index is 13.5. The van der Waals surface area contributed by atoms with Crippen LogP contribution in [0.5, 0.6) is 0 Å². The van der Waals surface area contributed by atoms with Crippen LogP contribution in [0.15, 0.2) is 42.6 Å². The third kappa shape index (κ3) is 11.0. The summed E-state index contributed by atoms with van der Waals surface area (Å²) in [6.45, 7) is 6.40. The number of carbonyl (C=O) groups excluding carboxylic acids is 1. The van der Waals surface area contributed by atoms with Gasteiger partial charge in [0.1, 0.15) is 5.82 Å². The number of unbranched alkanes of at least 4 members (excludes halogenated alkanes) is 10. The van der Waals surface area contributed by atoms with E-state index >= 15 is 0 Å². The number of hydrogen-bond donors (Lipinski definition) is 0. The topological polar surface area (TPSA) is 25.2 Å². The second kappa shape index (κ2) is 16.5. The molecule has 0 fully saturated rings. The molecular formula is C29H45FN2O. The van der Waals surface area contributed by atoms with Crippen LogP contribution in [0, 0.1) is 5.82 Å². The second-order valence-electron chi connectivity index (χ2n) is 9.36. The first-order valence-electron chi connectivity index (χ1n) is 13.3. The molecule has 0 radical (unpaired) electrons. The van der Waals surface area contributed by atoms with Gasteiger partial charge in [-0.3, -0.25) is 4.79 Å². The first-order valence-corrected chi connectivity index (χ1v) is 13.3. The molecule has 0 aliphatic heterocycles. The van der Waals surface area contributed by atoms with Crippen LogP contribution in [0.3, 0.4) is 0 Å². The Bertz CT molecular complexity index is 785. The Hall–Kier alpha value is -2.10. The summed E-state index contributed by atoms with van der Waals surface area (Å²) in [5.41, 5.74) is 2.03. The molecule has 0 unspecified atom stereocenters. The smallest absolute Gasteiger partial charge is 0.222 e. The predicted octanol–water partition coefficient (Wildman–Crippen LogP) is 8.12. The van der Waals surface area contributed by atoms with Crippen molar-refractivity contribution < 1.29 is 9.18 Å². The molecular weight excluding hydrogens is 411 g/mol. The summed E-state index contributed by atoms with van der Waals surface area (Å²) < 4.78 is 15.7. The molecule has 1 heterocycles. The fourth-order valence-electron chi connectivity index (χ4n) is 4.44. The van der Waals surface area contributed by atoms with Crippen molar-refractivity contribution >= 4 is 5.91 Å². The maximum atomic E-state index is 13.5. The quantitative estimate of drug-likeness (QED) is 0.208. The van der Waals surface area contributed by atoms with Crippen LogP contribution in [-0.4, -0.2) is 21.9 Å². The zero-order chi connectivity index (χ0) is 23.7. The Balaban J connectivity index is 1.70. The Morgan fingerprint density at radius 2 is 1.52 bits per heavy atom. The number of rotatable bonds is 18. The molecule has 0 spiro atoms. The van der Waals surface area contributed by atoms with Gasteiger partial charge < -0.3 is 9.47 Å². The van der Waals surface area contributed by atoms with Gasteiger partial charge in [-0.1, -0.05) is 90.2 Å². The van der Waals surface area contributed by atoms with Gasteiger partial charge in [0.15, 0.2) is 0 Å². The minimum absolute atomic E-state index is 0.212. The van der Waals surface area contributed by atoms with Gasteiger partial charge in [0.05, 0.1) is 6.54 Å². The lowest BCUT2D eigenvalue weighted by Gasteiger charge is -2.23. The van der Waals surface area contributed by atoms with Crippen LogP contribution in [-0.2, 0) is 17.9 Å². The molecule has 0 aliphatic carbocycles. The molecule has 0 atom stereocenters. The van der Waals surface area contributed by atoms with E-state index in [1.807, 2.05) is 23.2 Å². The summed E-state index contributed by atoms with van der Waals surface area (Å²) in [4.78, 5) is 14.9. The lowest BCUT2D eigenvalue weighted by Crippen LogP contribution is -2.32. The fourth-order valence-corrected chi connectivity index (χ4v) is 4.44. The number of amides is 1. The monoisotopic (exact) mass is 456 g/mol. The summed E-state index contributed by atoms with van der Waals surface area (Å²) in [6, 6.07) is 10.8. The third-order valence-corrected chi connectivity index (χ3v) is 6.36. The first kappa shape index (κ1) is 27.1. The van der Waals surface area contributed by atoms with Gasteiger partial charge in [-0.25, -0.2) is 4.39 Å². The molecule has 0 aliphatic rings. The molecule has 0 saturated heterocycles. The average molecular weight is 457 g/mol. The highest BCUT2D eigenvalue weighted by Crippen LogP contribution is 2.15. The Labute approximate surface area is 201 Å². The van der Waals surface area contributed by atoms with Crippen molar-refractivity contribution in [3.8, 4) is 0 Å².